The zero-order valence-corrected chi connectivity index (χ0v) is 6.65. The van der Waals surface area contributed by atoms with Crippen LogP contribution in [0.5, 0.6) is 0 Å². The van der Waals surface area contributed by atoms with E-state index < -0.39 is 24.6 Å². The molecule has 0 bridgehead atoms. The third kappa shape index (κ3) is 2.52. The van der Waals surface area contributed by atoms with E-state index in [2.05, 4.69) is 4.74 Å². The lowest BCUT2D eigenvalue weighted by Crippen LogP contribution is -2.40. The molecule has 0 aromatic heterocycles. The minimum atomic E-state index is -5.13. The Kier molecular flexibility index (Phi) is 3.10. The van der Waals surface area contributed by atoms with Crippen LogP contribution in [0.25, 0.3) is 0 Å². The molecule has 0 aromatic carbocycles. The van der Waals surface area contributed by atoms with Gasteiger partial charge in [0.2, 0.25) is 6.17 Å². The van der Waals surface area contributed by atoms with Gasteiger partial charge >= 0.3 is 6.18 Å². The van der Waals surface area contributed by atoms with Crippen molar-refractivity contribution in [2.45, 2.75) is 37.5 Å². The number of rotatable bonds is 2. The molecule has 0 amide bonds. The zero-order chi connectivity index (χ0) is 10.1. The summed E-state index contributed by atoms with van der Waals surface area (Å²) in [6.45, 7) is 0.204. The smallest absolute Gasteiger partial charge is 0.375 e. The predicted octanol–water partition coefficient (Wildman–Crippen LogP) is 2.40. The van der Waals surface area contributed by atoms with Crippen LogP contribution >= 0.6 is 0 Å². The van der Waals surface area contributed by atoms with E-state index in [9.17, 15) is 22.0 Å². The van der Waals surface area contributed by atoms with Gasteiger partial charge in [-0.05, 0) is 12.8 Å². The highest BCUT2D eigenvalue weighted by atomic mass is 19.4. The fourth-order valence-corrected chi connectivity index (χ4v) is 1.22. The molecule has 1 heterocycles. The molecule has 1 nitrogen and oxygen atoms in total. The van der Waals surface area contributed by atoms with Crippen molar-refractivity contribution in [1.82, 2.24) is 0 Å². The lowest BCUT2D eigenvalue weighted by atomic mass is 10.1. The molecule has 0 aromatic rings. The summed E-state index contributed by atoms with van der Waals surface area (Å²) in [4.78, 5) is 0. The van der Waals surface area contributed by atoms with Crippen LogP contribution < -0.4 is 0 Å². The van der Waals surface area contributed by atoms with Gasteiger partial charge in [-0.3, -0.25) is 0 Å². The monoisotopic (exact) mass is 204 g/mol. The molecular weight excluding hydrogens is 195 g/mol. The third-order valence-electron chi connectivity index (χ3n) is 1.91. The quantitative estimate of drug-likeness (QED) is 0.627. The Morgan fingerprint density at radius 2 is 1.85 bits per heavy atom. The lowest BCUT2D eigenvalue weighted by Gasteiger charge is -2.20. The average Bonchev–Trinajstić information content (AvgIpc) is 2.51. The van der Waals surface area contributed by atoms with Gasteiger partial charge in [-0.1, -0.05) is 0 Å². The first-order valence-electron chi connectivity index (χ1n) is 3.89. The summed E-state index contributed by atoms with van der Waals surface area (Å²) in [7, 11) is 0. The first-order chi connectivity index (χ1) is 5.93. The minimum Gasteiger partial charge on any atom is -0.375 e. The van der Waals surface area contributed by atoms with Gasteiger partial charge in [0.25, 0.3) is 0 Å². The Bertz CT molecular complexity index is 163. The van der Waals surface area contributed by atoms with Gasteiger partial charge in [-0.25, -0.2) is 8.78 Å². The summed E-state index contributed by atoms with van der Waals surface area (Å²) < 4.78 is 64.8. The molecule has 6 heteroatoms. The normalized spacial score (nSPS) is 28.8. The number of ether oxygens (including phenoxy) is 1. The largest absolute Gasteiger partial charge is 0.422 e. The van der Waals surface area contributed by atoms with Gasteiger partial charge in [-0.2, -0.15) is 13.2 Å². The van der Waals surface area contributed by atoms with Gasteiger partial charge < -0.3 is 4.74 Å². The van der Waals surface area contributed by atoms with Crippen molar-refractivity contribution < 1.29 is 26.7 Å². The fraction of sp³-hybridized carbons (Fsp3) is 1.00. The Morgan fingerprint density at radius 1 is 1.23 bits per heavy atom. The maximum absolute atomic E-state index is 12.8. The molecule has 0 saturated carbocycles. The molecule has 0 N–H and O–H groups in total. The number of halogens is 5. The summed E-state index contributed by atoms with van der Waals surface area (Å²) >= 11 is 0. The highest BCUT2D eigenvalue weighted by Crippen LogP contribution is 2.31. The number of alkyl halides is 5. The summed E-state index contributed by atoms with van der Waals surface area (Å²) in [6.07, 6.45) is -11.8. The SMILES string of the molecule is F[C@H]([C@H]1CCCO1)[C@H](F)C(F)(F)F. The summed E-state index contributed by atoms with van der Waals surface area (Å²) in [5.41, 5.74) is 0. The summed E-state index contributed by atoms with van der Waals surface area (Å²) in [5.74, 6) is 0. The van der Waals surface area contributed by atoms with E-state index >= 15 is 0 Å². The second-order valence-electron chi connectivity index (χ2n) is 2.94. The number of hydrogen-bond acceptors (Lipinski definition) is 1. The standard InChI is InChI=1S/C7H9F5O/c8-5(4-2-1-3-13-4)6(9)7(10,11)12/h4-6H,1-3H2/t4-,5-,6+/m1/s1. The van der Waals surface area contributed by atoms with Gasteiger partial charge in [0.05, 0.1) is 6.10 Å². The van der Waals surface area contributed by atoms with Gasteiger partial charge in [0.1, 0.15) is 0 Å². The first kappa shape index (κ1) is 10.7. The molecule has 0 aliphatic carbocycles. The van der Waals surface area contributed by atoms with Crippen LogP contribution in [0.3, 0.4) is 0 Å². The molecule has 1 rings (SSSR count). The zero-order valence-electron chi connectivity index (χ0n) is 6.65. The van der Waals surface area contributed by atoms with Crippen LogP contribution in [0.2, 0.25) is 0 Å². The van der Waals surface area contributed by atoms with Crippen molar-refractivity contribution in [3.8, 4) is 0 Å². The highest BCUT2D eigenvalue weighted by Gasteiger charge is 2.49. The average molecular weight is 204 g/mol. The second-order valence-corrected chi connectivity index (χ2v) is 2.94. The molecular formula is C7H9F5O. The molecule has 0 radical (unpaired) electrons. The second kappa shape index (κ2) is 3.77. The van der Waals surface area contributed by atoms with Crippen LogP contribution in [0, 0.1) is 0 Å². The fourth-order valence-electron chi connectivity index (χ4n) is 1.22. The highest BCUT2D eigenvalue weighted by molar-refractivity contribution is 4.84. The molecule has 1 saturated heterocycles. The van der Waals surface area contributed by atoms with Crippen molar-refractivity contribution in [3.05, 3.63) is 0 Å². The van der Waals surface area contributed by atoms with Crippen LogP contribution in [-0.4, -0.2) is 31.2 Å². The molecule has 78 valence electrons. The van der Waals surface area contributed by atoms with Crippen molar-refractivity contribution in [3.63, 3.8) is 0 Å². The van der Waals surface area contributed by atoms with Gasteiger partial charge in [0, 0.05) is 6.61 Å². The van der Waals surface area contributed by atoms with Gasteiger partial charge in [-0.15, -0.1) is 0 Å². The number of hydrogen-bond donors (Lipinski definition) is 0. The van der Waals surface area contributed by atoms with Crippen LogP contribution in [0.4, 0.5) is 22.0 Å². The lowest BCUT2D eigenvalue weighted by molar-refractivity contribution is -0.206. The Balaban J connectivity index is 2.50. The van der Waals surface area contributed by atoms with E-state index in [1.165, 1.54) is 0 Å². The van der Waals surface area contributed by atoms with Crippen LogP contribution in [0.15, 0.2) is 0 Å². The van der Waals surface area contributed by atoms with Crippen molar-refractivity contribution in [2.24, 2.45) is 0 Å². The molecule has 0 unspecified atom stereocenters. The summed E-state index contributed by atoms with van der Waals surface area (Å²) in [6, 6.07) is 0. The van der Waals surface area contributed by atoms with E-state index in [1.54, 1.807) is 0 Å². The van der Waals surface area contributed by atoms with E-state index in [0.717, 1.165) is 0 Å². The Labute approximate surface area is 71.9 Å². The van der Waals surface area contributed by atoms with E-state index in [0.29, 0.717) is 6.42 Å². The minimum absolute atomic E-state index is 0.150. The molecule has 13 heavy (non-hydrogen) atoms. The molecule has 3 atom stereocenters. The Morgan fingerprint density at radius 3 is 2.23 bits per heavy atom. The van der Waals surface area contributed by atoms with E-state index in [1.807, 2.05) is 0 Å². The third-order valence-corrected chi connectivity index (χ3v) is 1.91. The van der Waals surface area contributed by atoms with Crippen molar-refractivity contribution in [2.75, 3.05) is 6.61 Å². The molecule has 1 fully saturated rings. The van der Waals surface area contributed by atoms with E-state index in [-0.39, 0.29) is 13.0 Å². The van der Waals surface area contributed by atoms with Gasteiger partial charge in [0.15, 0.2) is 6.17 Å². The van der Waals surface area contributed by atoms with Crippen molar-refractivity contribution >= 4 is 0 Å². The van der Waals surface area contributed by atoms with Crippen LogP contribution in [-0.2, 0) is 4.74 Å². The first-order valence-corrected chi connectivity index (χ1v) is 3.89. The topological polar surface area (TPSA) is 9.23 Å². The molecule has 1 aliphatic heterocycles. The summed E-state index contributed by atoms with van der Waals surface area (Å²) in [5, 5.41) is 0. The predicted molar refractivity (Wildman–Crippen MR) is 34.8 cm³/mol. The van der Waals surface area contributed by atoms with E-state index in [4.69, 9.17) is 0 Å². The maximum atomic E-state index is 12.8. The van der Waals surface area contributed by atoms with Crippen LogP contribution in [0.1, 0.15) is 12.8 Å². The molecule has 1 aliphatic rings. The Hall–Kier alpha value is -0.390. The van der Waals surface area contributed by atoms with Crippen molar-refractivity contribution in [1.29, 1.82) is 0 Å². The molecule has 0 spiro atoms. The maximum Gasteiger partial charge on any atom is 0.422 e.